The van der Waals surface area contributed by atoms with E-state index < -0.39 is 14.3 Å². The Morgan fingerprint density at radius 3 is 1.25 bits per heavy atom. The highest BCUT2D eigenvalue weighted by Gasteiger charge is 2.20. The molecule has 0 saturated carbocycles. The van der Waals surface area contributed by atoms with E-state index in [9.17, 15) is 9.13 Å². The molecular weight excluding hydrogens is 574 g/mol. The Kier molecular flexibility index (Phi) is 6.97. The van der Waals surface area contributed by atoms with Gasteiger partial charge in [0.2, 0.25) is 0 Å². The number of hydrogen-bond acceptors (Lipinski definition) is 2. The first-order valence-electron chi connectivity index (χ1n) is 14.9. The zero-order chi connectivity index (χ0) is 30.6. The lowest BCUT2D eigenvalue weighted by Gasteiger charge is -2.20. The lowest BCUT2D eigenvalue weighted by Crippen LogP contribution is -2.03. The molecule has 7 aromatic rings. The van der Waals surface area contributed by atoms with Crippen LogP contribution in [0.3, 0.4) is 0 Å². The summed E-state index contributed by atoms with van der Waals surface area (Å²) in [5.41, 5.74) is 6.83. The lowest BCUT2D eigenvalue weighted by atomic mass is 9.84. The van der Waals surface area contributed by atoms with E-state index in [1.54, 1.807) is 0 Å². The minimum Gasteiger partial charge on any atom is -0.319 e. The molecular formula is C40H34O2P2. The molecule has 0 unspecified atom stereocenters. The van der Waals surface area contributed by atoms with Crippen LogP contribution < -0.4 is 10.6 Å². The molecule has 0 N–H and O–H groups in total. The van der Waals surface area contributed by atoms with Gasteiger partial charge < -0.3 is 9.13 Å². The molecule has 0 aromatic heterocycles. The maximum Gasteiger partial charge on any atom is 0.109 e. The molecule has 0 bridgehead atoms. The summed E-state index contributed by atoms with van der Waals surface area (Å²) in [6.07, 6.45) is 0. The summed E-state index contributed by atoms with van der Waals surface area (Å²) in [5.74, 6) is 0. The van der Waals surface area contributed by atoms with Gasteiger partial charge in [0.1, 0.15) is 14.3 Å². The van der Waals surface area contributed by atoms with E-state index in [4.69, 9.17) is 0 Å². The van der Waals surface area contributed by atoms with Crippen molar-refractivity contribution in [3.05, 3.63) is 133 Å². The van der Waals surface area contributed by atoms with Crippen LogP contribution in [-0.4, -0.2) is 26.7 Å². The zero-order valence-corrected chi connectivity index (χ0v) is 27.2. The molecule has 2 nitrogen and oxygen atoms in total. The minimum absolute atomic E-state index is 0.889. The van der Waals surface area contributed by atoms with Gasteiger partial charge in [-0.15, -0.1) is 0 Å². The molecule has 0 aliphatic rings. The molecule has 0 spiro atoms. The molecule has 0 aliphatic carbocycles. The number of benzene rings is 7. The van der Waals surface area contributed by atoms with Crippen LogP contribution in [0.2, 0.25) is 0 Å². The first kappa shape index (κ1) is 28.5. The summed E-state index contributed by atoms with van der Waals surface area (Å²) >= 11 is 0. The van der Waals surface area contributed by atoms with Crippen molar-refractivity contribution in [2.75, 3.05) is 26.7 Å². The van der Waals surface area contributed by atoms with Crippen LogP contribution in [0, 0.1) is 0 Å². The third-order valence-electron chi connectivity index (χ3n) is 8.66. The molecule has 44 heavy (non-hydrogen) atoms. The van der Waals surface area contributed by atoms with Crippen LogP contribution in [0.4, 0.5) is 0 Å². The quantitative estimate of drug-likeness (QED) is 0.144. The predicted molar refractivity (Wildman–Crippen MR) is 193 cm³/mol. The topological polar surface area (TPSA) is 34.1 Å². The summed E-state index contributed by atoms with van der Waals surface area (Å²) in [6.45, 7) is 7.32. The summed E-state index contributed by atoms with van der Waals surface area (Å²) < 4.78 is 26.0. The van der Waals surface area contributed by atoms with Gasteiger partial charge in [-0.05, 0) is 104 Å². The third kappa shape index (κ3) is 4.93. The molecule has 0 fully saturated rings. The minimum atomic E-state index is -2.43. The van der Waals surface area contributed by atoms with Crippen molar-refractivity contribution in [2.45, 2.75) is 0 Å². The van der Waals surface area contributed by atoms with Crippen LogP contribution >= 0.6 is 14.3 Å². The summed E-state index contributed by atoms with van der Waals surface area (Å²) in [6, 6.07) is 46.8. The highest BCUT2D eigenvalue weighted by Crippen LogP contribution is 2.47. The van der Waals surface area contributed by atoms with Crippen molar-refractivity contribution in [3.8, 4) is 33.4 Å². The van der Waals surface area contributed by atoms with E-state index >= 15 is 0 Å². The van der Waals surface area contributed by atoms with Gasteiger partial charge in [-0.2, -0.15) is 0 Å². The van der Waals surface area contributed by atoms with E-state index in [2.05, 4.69) is 109 Å². The Labute approximate surface area is 259 Å². The fourth-order valence-electron chi connectivity index (χ4n) is 6.50. The van der Waals surface area contributed by atoms with Crippen LogP contribution in [0.15, 0.2) is 133 Å². The van der Waals surface area contributed by atoms with E-state index in [1.165, 1.54) is 38.1 Å². The molecule has 0 saturated heterocycles. The standard InChI is InChI=1S/C40H34O2P2/c1-43(2,41)29-15-11-13-27(25-29)31-23-24-38(33-18-6-5-17-32(31)33)40-36-21-9-7-19-34(36)39(35-20-8-10-22-37(35)40)28-14-12-16-30(26-28)44(3,4)42/h5-26H,1-4H3. The molecule has 0 aliphatic heterocycles. The summed E-state index contributed by atoms with van der Waals surface area (Å²) in [7, 11) is -4.83. The molecule has 216 valence electrons. The van der Waals surface area contributed by atoms with E-state index in [1.807, 2.05) is 50.9 Å². The Morgan fingerprint density at radius 1 is 0.364 bits per heavy atom. The van der Waals surface area contributed by atoms with Crippen molar-refractivity contribution >= 4 is 57.2 Å². The smallest absolute Gasteiger partial charge is 0.109 e. The maximum absolute atomic E-state index is 13.1. The Balaban J connectivity index is 1.55. The second kappa shape index (κ2) is 10.7. The van der Waals surface area contributed by atoms with E-state index in [0.717, 1.165) is 38.2 Å². The first-order valence-corrected chi connectivity index (χ1v) is 20.1. The van der Waals surface area contributed by atoms with Crippen molar-refractivity contribution in [3.63, 3.8) is 0 Å². The molecule has 0 amide bonds. The second-order valence-electron chi connectivity index (χ2n) is 12.3. The SMILES string of the molecule is CP(C)(=O)c1cccc(-c2ccc(-c3c4ccccc4c(-c4cccc(P(C)(C)=O)c4)c4ccccc34)c3ccccc23)c1. The molecule has 0 atom stereocenters. The zero-order valence-electron chi connectivity index (χ0n) is 25.4. The lowest BCUT2D eigenvalue weighted by molar-refractivity contribution is 0.587. The van der Waals surface area contributed by atoms with Crippen molar-refractivity contribution < 1.29 is 9.13 Å². The van der Waals surface area contributed by atoms with E-state index in [0.29, 0.717) is 0 Å². The number of rotatable bonds is 5. The highest BCUT2D eigenvalue weighted by molar-refractivity contribution is 7.70. The first-order chi connectivity index (χ1) is 21.1. The average Bonchev–Trinajstić information content (AvgIpc) is 3.02. The molecule has 0 heterocycles. The number of hydrogen-bond donors (Lipinski definition) is 0. The fraction of sp³-hybridized carbons (Fsp3) is 0.100. The van der Waals surface area contributed by atoms with Gasteiger partial charge in [0, 0.05) is 10.6 Å². The molecule has 7 rings (SSSR count). The van der Waals surface area contributed by atoms with Gasteiger partial charge in [-0.25, -0.2) is 0 Å². The third-order valence-corrected chi connectivity index (χ3v) is 11.7. The monoisotopic (exact) mass is 608 g/mol. The maximum atomic E-state index is 13.1. The molecule has 7 aromatic carbocycles. The Morgan fingerprint density at radius 2 is 0.750 bits per heavy atom. The van der Waals surface area contributed by atoms with Gasteiger partial charge in [0.15, 0.2) is 0 Å². The molecule has 0 radical (unpaired) electrons. The van der Waals surface area contributed by atoms with E-state index in [-0.39, 0.29) is 0 Å². The van der Waals surface area contributed by atoms with Gasteiger partial charge in [-0.3, -0.25) is 0 Å². The Bertz CT molecular complexity index is 2280. The normalized spacial score (nSPS) is 12.3. The second-order valence-corrected chi connectivity index (χ2v) is 18.8. The number of fused-ring (bicyclic) bond motifs is 3. The van der Waals surface area contributed by atoms with Gasteiger partial charge >= 0.3 is 0 Å². The van der Waals surface area contributed by atoms with Crippen LogP contribution in [0.25, 0.3) is 65.7 Å². The van der Waals surface area contributed by atoms with Crippen LogP contribution in [-0.2, 0) is 9.13 Å². The molecule has 4 heteroatoms. The average molecular weight is 609 g/mol. The van der Waals surface area contributed by atoms with Gasteiger partial charge in [0.05, 0.1) is 0 Å². The highest BCUT2D eigenvalue weighted by atomic mass is 31.2. The Hall–Kier alpha value is -4.22. The van der Waals surface area contributed by atoms with Crippen LogP contribution in [0.1, 0.15) is 0 Å². The summed E-state index contributed by atoms with van der Waals surface area (Å²) in [5, 5.41) is 8.82. The van der Waals surface area contributed by atoms with Crippen molar-refractivity contribution in [1.29, 1.82) is 0 Å². The van der Waals surface area contributed by atoms with Crippen LogP contribution in [0.5, 0.6) is 0 Å². The van der Waals surface area contributed by atoms with Crippen molar-refractivity contribution in [1.82, 2.24) is 0 Å². The van der Waals surface area contributed by atoms with Gasteiger partial charge in [0.25, 0.3) is 0 Å². The predicted octanol–water partition coefficient (Wildman–Crippen LogP) is 10.6. The summed E-state index contributed by atoms with van der Waals surface area (Å²) in [4.78, 5) is 0. The fourth-order valence-corrected chi connectivity index (χ4v) is 8.29. The van der Waals surface area contributed by atoms with Crippen molar-refractivity contribution in [2.24, 2.45) is 0 Å². The largest absolute Gasteiger partial charge is 0.319 e. The van der Waals surface area contributed by atoms with Gasteiger partial charge in [-0.1, -0.05) is 121 Å².